The summed E-state index contributed by atoms with van der Waals surface area (Å²) in [6.07, 6.45) is 6.39. The Morgan fingerprint density at radius 3 is 3.17 bits per heavy atom. The summed E-state index contributed by atoms with van der Waals surface area (Å²) in [6.45, 7) is 0.324. The first-order chi connectivity index (χ1) is 8.83. The molecule has 2 aromatic heterocycles. The van der Waals surface area contributed by atoms with E-state index in [2.05, 4.69) is 15.5 Å². The number of nitrogens with zero attached hydrogens (tertiary/aromatic N) is 2. The minimum absolute atomic E-state index is 0.324. The molecule has 0 N–H and O–H groups in total. The fourth-order valence-electron chi connectivity index (χ4n) is 1.30. The third-order valence-corrected chi connectivity index (χ3v) is 3.71. The molecule has 4 nitrogen and oxygen atoms in total. The molecule has 2 aromatic rings. The van der Waals surface area contributed by atoms with Crippen LogP contribution < -0.4 is 0 Å². The average Bonchev–Trinajstić information content (AvgIpc) is 3.02. The van der Waals surface area contributed by atoms with E-state index in [4.69, 9.17) is 11.2 Å². The van der Waals surface area contributed by atoms with Crippen LogP contribution in [-0.4, -0.2) is 22.2 Å². The maximum Gasteiger partial charge on any atom is 0.352 e. The van der Waals surface area contributed by atoms with E-state index in [1.165, 1.54) is 11.3 Å². The van der Waals surface area contributed by atoms with Crippen LogP contribution in [0.3, 0.4) is 0 Å². The number of terminal acetylenes is 1. The Morgan fingerprint density at radius 1 is 1.56 bits per heavy atom. The highest BCUT2D eigenvalue weighted by Crippen LogP contribution is 2.28. The van der Waals surface area contributed by atoms with Gasteiger partial charge in [-0.1, -0.05) is 10.6 Å². The standard InChI is InChI=1S/C12H10N2O2S2/c1-2-3-4-7-16-12(15)11-10(13-14-18-11)9-6-5-8-17-9/h1,5-6,8H,3-4,7H2. The van der Waals surface area contributed by atoms with Crippen LogP contribution in [-0.2, 0) is 4.74 Å². The quantitative estimate of drug-likeness (QED) is 0.479. The number of ether oxygens (including phenoxy) is 1. The van der Waals surface area contributed by atoms with Gasteiger partial charge in [0.1, 0.15) is 5.69 Å². The Morgan fingerprint density at radius 2 is 2.44 bits per heavy atom. The number of hydrogen-bond acceptors (Lipinski definition) is 6. The minimum Gasteiger partial charge on any atom is -0.461 e. The number of hydrogen-bond donors (Lipinski definition) is 0. The molecule has 6 heteroatoms. The van der Waals surface area contributed by atoms with Crippen LogP contribution in [0.1, 0.15) is 22.5 Å². The Hall–Kier alpha value is -1.71. The number of esters is 1. The van der Waals surface area contributed by atoms with E-state index in [0.717, 1.165) is 16.4 Å². The highest BCUT2D eigenvalue weighted by Gasteiger charge is 2.19. The zero-order valence-electron chi connectivity index (χ0n) is 9.46. The number of rotatable bonds is 5. The molecule has 0 saturated heterocycles. The molecular weight excluding hydrogens is 268 g/mol. The molecule has 2 heterocycles. The van der Waals surface area contributed by atoms with E-state index < -0.39 is 0 Å². The molecule has 0 aliphatic heterocycles. The van der Waals surface area contributed by atoms with Crippen LogP contribution >= 0.6 is 22.9 Å². The Balaban J connectivity index is 2.03. The van der Waals surface area contributed by atoms with Crippen molar-refractivity contribution >= 4 is 28.8 Å². The third kappa shape index (κ3) is 2.94. The molecule has 0 atom stereocenters. The molecule has 0 aliphatic rings. The van der Waals surface area contributed by atoms with Crippen molar-refractivity contribution in [3.05, 3.63) is 22.4 Å². The third-order valence-electron chi connectivity index (χ3n) is 2.13. The lowest BCUT2D eigenvalue weighted by Crippen LogP contribution is -2.05. The first-order valence-corrected chi connectivity index (χ1v) is 6.95. The summed E-state index contributed by atoms with van der Waals surface area (Å²) in [5.74, 6) is 2.11. The van der Waals surface area contributed by atoms with E-state index >= 15 is 0 Å². The second-order valence-electron chi connectivity index (χ2n) is 3.37. The van der Waals surface area contributed by atoms with Crippen molar-refractivity contribution in [1.29, 1.82) is 0 Å². The van der Waals surface area contributed by atoms with Crippen LogP contribution in [0.25, 0.3) is 10.6 Å². The zero-order chi connectivity index (χ0) is 12.8. The summed E-state index contributed by atoms with van der Waals surface area (Å²) in [4.78, 5) is 13.2. The lowest BCUT2D eigenvalue weighted by Gasteiger charge is -2.01. The summed E-state index contributed by atoms with van der Waals surface area (Å²) in [5.41, 5.74) is 0.594. The second-order valence-corrected chi connectivity index (χ2v) is 5.07. The molecule has 0 amide bonds. The van der Waals surface area contributed by atoms with Crippen molar-refractivity contribution in [2.24, 2.45) is 0 Å². The van der Waals surface area contributed by atoms with Gasteiger partial charge in [0, 0.05) is 6.42 Å². The second kappa shape index (κ2) is 6.28. The molecule has 2 rings (SSSR count). The number of carbonyl (C=O) groups is 1. The van der Waals surface area contributed by atoms with Crippen molar-refractivity contribution in [1.82, 2.24) is 9.59 Å². The van der Waals surface area contributed by atoms with Gasteiger partial charge in [0.2, 0.25) is 0 Å². The molecule has 0 bridgehead atoms. The largest absolute Gasteiger partial charge is 0.461 e. The topological polar surface area (TPSA) is 52.1 Å². The van der Waals surface area contributed by atoms with E-state index in [-0.39, 0.29) is 5.97 Å². The van der Waals surface area contributed by atoms with Crippen LogP contribution in [0, 0.1) is 12.3 Å². The van der Waals surface area contributed by atoms with Crippen molar-refractivity contribution in [3.63, 3.8) is 0 Å². The summed E-state index contributed by atoms with van der Waals surface area (Å²) >= 11 is 2.56. The fraction of sp³-hybridized carbons (Fsp3) is 0.250. The van der Waals surface area contributed by atoms with E-state index in [0.29, 0.717) is 30.0 Å². The molecule has 92 valence electrons. The highest BCUT2D eigenvalue weighted by molar-refractivity contribution is 7.14. The smallest absolute Gasteiger partial charge is 0.352 e. The summed E-state index contributed by atoms with van der Waals surface area (Å²) in [5, 5.41) is 5.90. The molecular formula is C12H10N2O2S2. The molecule has 0 aliphatic carbocycles. The first-order valence-electron chi connectivity index (χ1n) is 5.29. The Labute approximate surface area is 113 Å². The average molecular weight is 278 g/mol. The number of aromatic nitrogens is 2. The van der Waals surface area contributed by atoms with Crippen LogP contribution in [0.4, 0.5) is 0 Å². The van der Waals surface area contributed by atoms with Crippen molar-refractivity contribution < 1.29 is 9.53 Å². The van der Waals surface area contributed by atoms with Crippen molar-refractivity contribution in [2.75, 3.05) is 6.61 Å². The Bertz CT molecular complexity index is 555. The number of carbonyl (C=O) groups excluding carboxylic acids is 1. The Kier molecular flexibility index (Phi) is 4.45. The highest BCUT2D eigenvalue weighted by atomic mass is 32.1. The van der Waals surface area contributed by atoms with Crippen molar-refractivity contribution in [3.8, 4) is 22.9 Å². The van der Waals surface area contributed by atoms with E-state index in [9.17, 15) is 4.79 Å². The van der Waals surface area contributed by atoms with Gasteiger partial charge < -0.3 is 4.74 Å². The van der Waals surface area contributed by atoms with Gasteiger partial charge in [-0.05, 0) is 29.4 Å². The number of unbranched alkanes of at least 4 members (excludes halogenated alkanes) is 1. The maximum atomic E-state index is 11.8. The van der Waals surface area contributed by atoms with Gasteiger partial charge in [-0.15, -0.1) is 28.8 Å². The van der Waals surface area contributed by atoms with Crippen LogP contribution in [0.2, 0.25) is 0 Å². The SMILES string of the molecule is C#CCCCOC(=O)c1snnc1-c1cccs1. The van der Waals surface area contributed by atoms with Gasteiger partial charge in [0.25, 0.3) is 0 Å². The van der Waals surface area contributed by atoms with E-state index in [1.807, 2.05) is 17.5 Å². The lowest BCUT2D eigenvalue weighted by atomic mass is 10.3. The van der Waals surface area contributed by atoms with Gasteiger partial charge >= 0.3 is 5.97 Å². The van der Waals surface area contributed by atoms with Gasteiger partial charge in [-0.25, -0.2) is 4.79 Å². The van der Waals surface area contributed by atoms with E-state index in [1.54, 1.807) is 0 Å². The molecule has 0 spiro atoms. The minimum atomic E-state index is -0.384. The molecule has 0 fully saturated rings. The predicted molar refractivity (Wildman–Crippen MR) is 71.6 cm³/mol. The fourth-order valence-corrected chi connectivity index (χ4v) is 2.66. The van der Waals surface area contributed by atoms with Gasteiger partial charge in [0.15, 0.2) is 4.88 Å². The summed E-state index contributed by atoms with van der Waals surface area (Å²) < 4.78 is 8.94. The maximum absolute atomic E-state index is 11.8. The summed E-state index contributed by atoms with van der Waals surface area (Å²) in [7, 11) is 0. The van der Waals surface area contributed by atoms with Crippen molar-refractivity contribution in [2.45, 2.75) is 12.8 Å². The molecule has 0 unspecified atom stereocenters. The van der Waals surface area contributed by atoms with Gasteiger partial charge in [-0.3, -0.25) is 0 Å². The number of thiophene rings is 1. The lowest BCUT2D eigenvalue weighted by molar-refractivity contribution is 0.0508. The van der Waals surface area contributed by atoms with Crippen LogP contribution in [0.5, 0.6) is 0 Å². The zero-order valence-corrected chi connectivity index (χ0v) is 11.1. The predicted octanol–water partition coefficient (Wildman–Crippen LogP) is 2.84. The molecule has 0 radical (unpaired) electrons. The molecule has 0 saturated carbocycles. The van der Waals surface area contributed by atoms with Gasteiger partial charge in [-0.2, -0.15) is 0 Å². The van der Waals surface area contributed by atoms with Gasteiger partial charge in [0.05, 0.1) is 11.5 Å². The summed E-state index contributed by atoms with van der Waals surface area (Å²) in [6, 6.07) is 3.80. The molecule has 0 aromatic carbocycles. The normalized spacial score (nSPS) is 9.94. The molecule has 18 heavy (non-hydrogen) atoms. The van der Waals surface area contributed by atoms with Crippen LogP contribution in [0.15, 0.2) is 17.5 Å². The monoisotopic (exact) mass is 278 g/mol. The first kappa shape index (κ1) is 12.7.